The zero-order valence-electron chi connectivity index (χ0n) is 7.04. The first-order valence-electron chi connectivity index (χ1n) is 3.72. The number of hydrogen-bond donors (Lipinski definition) is 1. The average molecular weight is 196 g/mol. The maximum atomic E-state index is 10.6. The molecule has 5 heteroatoms. The summed E-state index contributed by atoms with van der Waals surface area (Å²) in [6.07, 6.45) is 1.17. The largest absolute Gasteiger partial charge is 0.467 e. The van der Waals surface area contributed by atoms with E-state index in [9.17, 15) is 4.79 Å². The molecule has 0 unspecified atom stereocenters. The lowest BCUT2D eigenvalue weighted by Gasteiger charge is -2.07. The molecule has 1 heterocycles. The van der Waals surface area contributed by atoms with E-state index in [0.717, 1.165) is 19.5 Å². The van der Waals surface area contributed by atoms with Gasteiger partial charge in [-0.25, -0.2) is 4.79 Å². The van der Waals surface area contributed by atoms with Crippen LogP contribution in [0.25, 0.3) is 0 Å². The first-order valence-corrected chi connectivity index (χ1v) is 3.72. The summed E-state index contributed by atoms with van der Waals surface area (Å²) in [6.45, 7) is 1.89. The number of esters is 1. The van der Waals surface area contributed by atoms with Crippen LogP contribution < -0.4 is 5.32 Å². The molecule has 0 aromatic heterocycles. The molecule has 0 spiro atoms. The predicted molar refractivity (Wildman–Crippen MR) is 46.5 cm³/mol. The fraction of sp³-hybridized carbons (Fsp3) is 0.857. The molecule has 1 N–H and O–H groups in total. The summed E-state index contributed by atoms with van der Waals surface area (Å²) >= 11 is 0. The van der Waals surface area contributed by atoms with Crippen molar-refractivity contribution in [3.05, 3.63) is 0 Å². The minimum atomic E-state index is -0.308. The van der Waals surface area contributed by atoms with Gasteiger partial charge < -0.3 is 14.8 Å². The molecule has 0 bridgehead atoms. The molecule has 1 aliphatic rings. The zero-order valence-corrected chi connectivity index (χ0v) is 7.86. The molecule has 0 aromatic carbocycles. The van der Waals surface area contributed by atoms with Crippen LogP contribution in [0.15, 0.2) is 0 Å². The summed E-state index contributed by atoms with van der Waals surface area (Å²) in [5.41, 5.74) is 0. The van der Waals surface area contributed by atoms with Crippen molar-refractivity contribution in [2.45, 2.75) is 12.5 Å². The minimum absolute atomic E-state index is 0. The van der Waals surface area contributed by atoms with Gasteiger partial charge in [-0.1, -0.05) is 0 Å². The van der Waals surface area contributed by atoms with Crippen LogP contribution in [-0.2, 0) is 14.3 Å². The lowest BCUT2D eigenvalue weighted by Crippen LogP contribution is -2.21. The van der Waals surface area contributed by atoms with E-state index >= 15 is 0 Å². The molecular weight excluding hydrogens is 182 g/mol. The van der Waals surface area contributed by atoms with E-state index in [1.54, 1.807) is 0 Å². The number of carbonyl (C=O) groups is 1. The van der Waals surface area contributed by atoms with Gasteiger partial charge >= 0.3 is 5.97 Å². The number of nitrogens with one attached hydrogen (secondary N) is 1. The van der Waals surface area contributed by atoms with E-state index in [2.05, 4.69) is 10.1 Å². The molecule has 0 aromatic rings. The van der Waals surface area contributed by atoms with Gasteiger partial charge in [0, 0.05) is 6.54 Å². The molecule has 1 aliphatic heterocycles. The zero-order chi connectivity index (χ0) is 8.10. The Bertz CT molecular complexity index is 137. The maximum absolute atomic E-state index is 10.6. The smallest absolute Gasteiger partial charge is 0.331 e. The van der Waals surface area contributed by atoms with Gasteiger partial charge in [0.05, 0.1) is 13.2 Å². The Morgan fingerprint density at radius 1 is 1.67 bits per heavy atom. The highest BCUT2D eigenvalue weighted by atomic mass is 35.5. The molecule has 1 saturated heterocycles. The van der Waals surface area contributed by atoms with Crippen molar-refractivity contribution < 1.29 is 14.3 Å². The van der Waals surface area contributed by atoms with E-state index in [1.165, 1.54) is 7.11 Å². The topological polar surface area (TPSA) is 47.6 Å². The van der Waals surface area contributed by atoms with Crippen LogP contribution in [0.1, 0.15) is 6.42 Å². The van der Waals surface area contributed by atoms with Crippen molar-refractivity contribution in [1.29, 1.82) is 0 Å². The van der Waals surface area contributed by atoms with E-state index in [0.29, 0.717) is 0 Å². The van der Waals surface area contributed by atoms with Crippen LogP contribution in [0, 0.1) is 0 Å². The normalized spacial score (nSPS) is 21.6. The predicted octanol–water partition coefficient (Wildman–Crippen LogP) is -0.0403. The van der Waals surface area contributed by atoms with Gasteiger partial charge in [-0.3, -0.25) is 0 Å². The Kier molecular flexibility index (Phi) is 6.06. The Morgan fingerprint density at radius 2 is 2.42 bits per heavy atom. The van der Waals surface area contributed by atoms with Crippen molar-refractivity contribution >= 4 is 18.4 Å². The summed E-state index contributed by atoms with van der Waals surface area (Å²) in [4.78, 5) is 10.6. The number of rotatable bonds is 3. The molecule has 0 saturated carbocycles. The molecule has 1 atom stereocenters. The fourth-order valence-corrected chi connectivity index (χ4v) is 1.02. The molecular formula is C7H14ClNO3. The van der Waals surface area contributed by atoms with Crippen molar-refractivity contribution in [2.75, 3.05) is 26.8 Å². The molecule has 1 rings (SSSR count). The number of halogens is 1. The second-order valence-corrected chi connectivity index (χ2v) is 2.50. The van der Waals surface area contributed by atoms with Crippen LogP contribution in [0.5, 0.6) is 0 Å². The van der Waals surface area contributed by atoms with Gasteiger partial charge in [0.15, 0.2) is 0 Å². The van der Waals surface area contributed by atoms with Crippen molar-refractivity contribution in [3.8, 4) is 0 Å². The van der Waals surface area contributed by atoms with E-state index in [1.807, 2.05) is 0 Å². The van der Waals surface area contributed by atoms with Gasteiger partial charge in [-0.15, -0.1) is 12.4 Å². The monoisotopic (exact) mass is 195 g/mol. The summed E-state index contributed by atoms with van der Waals surface area (Å²) in [6, 6.07) is 0. The number of ether oxygens (including phenoxy) is 2. The number of methoxy groups -OCH3 is 1. The standard InChI is InChI=1S/C7H13NO3.ClH/c1-10-7(9)5-11-6-2-3-8-4-6;/h6,8H,2-5H2,1H3;1H/t6-;/m1./s1. The molecule has 4 nitrogen and oxygen atoms in total. The lowest BCUT2D eigenvalue weighted by molar-refractivity contribution is -0.147. The van der Waals surface area contributed by atoms with E-state index < -0.39 is 0 Å². The molecule has 72 valence electrons. The van der Waals surface area contributed by atoms with Crippen molar-refractivity contribution in [3.63, 3.8) is 0 Å². The molecule has 1 fully saturated rings. The first kappa shape index (κ1) is 11.7. The average Bonchev–Trinajstić information content (AvgIpc) is 2.52. The Morgan fingerprint density at radius 3 is 2.92 bits per heavy atom. The van der Waals surface area contributed by atoms with Crippen LogP contribution in [0.4, 0.5) is 0 Å². The van der Waals surface area contributed by atoms with E-state index in [4.69, 9.17) is 4.74 Å². The molecule has 0 aliphatic carbocycles. The molecule has 0 amide bonds. The Labute approximate surface area is 78.0 Å². The lowest BCUT2D eigenvalue weighted by atomic mass is 10.3. The highest BCUT2D eigenvalue weighted by Crippen LogP contribution is 2.02. The summed E-state index contributed by atoms with van der Waals surface area (Å²) < 4.78 is 9.64. The molecule has 0 radical (unpaired) electrons. The van der Waals surface area contributed by atoms with Gasteiger partial charge in [-0.05, 0) is 13.0 Å². The SMILES string of the molecule is COC(=O)CO[C@@H]1CCNC1.Cl. The van der Waals surface area contributed by atoms with Gasteiger partial charge in [0.1, 0.15) is 6.61 Å². The van der Waals surface area contributed by atoms with E-state index in [-0.39, 0.29) is 31.1 Å². The van der Waals surface area contributed by atoms with Crippen molar-refractivity contribution in [2.24, 2.45) is 0 Å². The Balaban J connectivity index is 0.00000121. The van der Waals surface area contributed by atoms with Gasteiger partial charge in [-0.2, -0.15) is 0 Å². The fourth-order valence-electron chi connectivity index (χ4n) is 1.02. The van der Waals surface area contributed by atoms with Crippen LogP contribution in [0.3, 0.4) is 0 Å². The van der Waals surface area contributed by atoms with Crippen LogP contribution >= 0.6 is 12.4 Å². The third kappa shape index (κ3) is 3.90. The molecule has 12 heavy (non-hydrogen) atoms. The third-order valence-corrected chi connectivity index (χ3v) is 1.68. The third-order valence-electron chi connectivity index (χ3n) is 1.68. The maximum Gasteiger partial charge on any atom is 0.331 e. The van der Waals surface area contributed by atoms with Crippen LogP contribution in [0.2, 0.25) is 0 Å². The highest BCUT2D eigenvalue weighted by molar-refractivity contribution is 5.85. The minimum Gasteiger partial charge on any atom is -0.467 e. The Hall–Kier alpha value is -0.320. The number of carbonyl (C=O) groups excluding carboxylic acids is 1. The van der Waals surface area contributed by atoms with Gasteiger partial charge in [0.25, 0.3) is 0 Å². The van der Waals surface area contributed by atoms with Crippen molar-refractivity contribution in [1.82, 2.24) is 5.32 Å². The second-order valence-electron chi connectivity index (χ2n) is 2.50. The highest BCUT2D eigenvalue weighted by Gasteiger charge is 2.15. The van der Waals surface area contributed by atoms with Gasteiger partial charge in [0.2, 0.25) is 0 Å². The van der Waals surface area contributed by atoms with Crippen LogP contribution in [-0.4, -0.2) is 38.9 Å². The first-order chi connectivity index (χ1) is 5.33. The summed E-state index contributed by atoms with van der Waals surface area (Å²) in [5, 5.41) is 3.14. The number of hydrogen-bond acceptors (Lipinski definition) is 4. The summed E-state index contributed by atoms with van der Waals surface area (Å²) in [5.74, 6) is -0.308. The summed E-state index contributed by atoms with van der Waals surface area (Å²) in [7, 11) is 1.36. The quantitative estimate of drug-likeness (QED) is 0.642. The second kappa shape index (κ2) is 6.22.